The van der Waals surface area contributed by atoms with Crippen LogP contribution in [0, 0.1) is 17.3 Å². The van der Waals surface area contributed by atoms with E-state index in [1.807, 2.05) is 18.7 Å². The van der Waals surface area contributed by atoms with Gasteiger partial charge in [-0.1, -0.05) is 54.9 Å². The van der Waals surface area contributed by atoms with Crippen molar-refractivity contribution in [2.24, 2.45) is 17.3 Å². The molecule has 0 aromatic heterocycles. The van der Waals surface area contributed by atoms with Crippen molar-refractivity contribution in [2.45, 2.75) is 73.4 Å². The molecule has 21 heavy (non-hydrogen) atoms. The van der Waals surface area contributed by atoms with E-state index >= 15 is 0 Å². The summed E-state index contributed by atoms with van der Waals surface area (Å²) in [6.45, 7) is 15.4. The third kappa shape index (κ3) is 3.78. The first-order valence-corrected chi connectivity index (χ1v) is 8.26. The van der Waals surface area contributed by atoms with Crippen LogP contribution in [0.5, 0.6) is 0 Å². The molecule has 0 aromatic carbocycles. The minimum atomic E-state index is -0.367. The third-order valence-electron chi connectivity index (χ3n) is 5.27. The Morgan fingerprint density at radius 1 is 1.19 bits per heavy atom. The van der Waals surface area contributed by atoms with Crippen molar-refractivity contribution in [3.05, 3.63) is 0 Å². The molecule has 1 N–H and O–H groups in total. The maximum Gasteiger partial charge on any atom is 0.246 e. The zero-order valence-electron chi connectivity index (χ0n) is 14.7. The van der Waals surface area contributed by atoms with E-state index in [0.29, 0.717) is 18.9 Å². The van der Waals surface area contributed by atoms with Crippen molar-refractivity contribution < 1.29 is 9.59 Å². The largest absolute Gasteiger partial charge is 0.342 e. The van der Waals surface area contributed by atoms with E-state index in [9.17, 15) is 9.59 Å². The summed E-state index contributed by atoms with van der Waals surface area (Å²) in [5.41, 5.74) is 0.000697. The van der Waals surface area contributed by atoms with Gasteiger partial charge in [-0.15, -0.1) is 0 Å². The lowest BCUT2D eigenvalue weighted by Gasteiger charge is -2.44. The Hall–Kier alpha value is -1.06. The fourth-order valence-electron chi connectivity index (χ4n) is 2.62. The zero-order valence-corrected chi connectivity index (χ0v) is 14.7. The van der Waals surface area contributed by atoms with E-state index in [2.05, 4.69) is 39.9 Å². The molecule has 122 valence electrons. The second kappa shape index (κ2) is 6.80. The second-order valence-corrected chi connectivity index (χ2v) is 7.41. The van der Waals surface area contributed by atoms with Crippen LogP contribution in [-0.4, -0.2) is 35.3 Å². The molecule has 1 aliphatic rings. The van der Waals surface area contributed by atoms with Crippen LogP contribution in [0.3, 0.4) is 0 Å². The van der Waals surface area contributed by atoms with Crippen LogP contribution in [0.4, 0.5) is 0 Å². The van der Waals surface area contributed by atoms with Gasteiger partial charge in [0, 0.05) is 6.54 Å². The number of hydrogen-bond donors (Lipinski definition) is 1. The molecular formula is C17H32N2O2. The molecule has 0 bridgehead atoms. The summed E-state index contributed by atoms with van der Waals surface area (Å²) >= 11 is 0. The summed E-state index contributed by atoms with van der Waals surface area (Å²) in [7, 11) is 0. The number of rotatable bonds is 6. The molecule has 2 amide bonds. The molecular weight excluding hydrogens is 264 g/mol. The van der Waals surface area contributed by atoms with E-state index in [0.717, 1.165) is 6.42 Å². The Bertz CT molecular complexity index is 390. The van der Waals surface area contributed by atoms with E-state index in [-0.39, 0.29) is 35.2 Å². The highest BCUT2D eigenvalue weighted by molar-refractivity contribution is 5.97. The van der Waals surface area contributed by atoms with Crippen molar-refractivity contribution in [3.8, 4) is 0 Å². The summed E-state index contributed by atoms with van der Waals surface area (Å²) in [6, 6.07) is -0.691. The number of nitrogens with zero attached hydrogens (tertiary/aromatic N) is 1. The fourth-order valence-corrected chi connectivity index (χ4v) is 2.62. The average molecular weight is 296 g/mol. The van der Waals surface area contributed by atoms with Gasteiger partial charge >= 0.3 is 0 Å². The lowest BCUT2D eigenvalue weighted by atomic mass is 9.79. The Labute approximate surface area is 129 Å². The molecule has 0 spiro atoms. The molecule has 0 radical (unpaired) electrons. The summed E-state index contributed by atoms with van der Waals surface area (Å²) in [5.74, 6) is 0.713. The van der Waals surface area contributed by atoms with Gasteiger partial charge in [0.2, 0.25) is 11.8 Å². The van der Waals surface area contributed by atoms with Gasteiger partial charge < -0.3 is 10.2 Å². The van der Waals surface area contributed by atoms with E-state index in [4.69, 9.17) is 0 Å². The Morgan fingerprint density at radius 3 is 2.19 bits per heavy atom. The monoisotopic (exact) mass is 296 g/mol. The molecule has 1 fully saturated rings. The molecule has 0 aromatic rings. The van der Waals surface area contributed by atoms with Crippen molar-refractivity contribution in [1.82, 2.24) is 10.2 Å². The van der Waals surface area contributed by atoms with E-state index < -0.39 is 0 Å². The zero-order chi connectivity index (χ0) is 16.4. The van der Waals surface area contributed by atoms with Gasteiger partial charge in [-0.2, -0.15) is 0 Å². The van der Waals surface area contributed by atoms with Crippen molar-refractivity contribution in [2.75, 3.05) is 6.54 Å². The summed E-state index contributed by atoms with van der Waals surface area (Å²) in [6.07, 6.45) is 1.55. The van der Waals surface area contributed by atoms with Crippen LogP contribution in [0.15, 0.2) is 0 Å². The van der Waals surface area contributed by atoms with E-state index in [1.165, 1.54) is 0 Å². The number of nitrogens with one attached hydrogen (secondary N) is 1. The minimum absolute atomic E-state index is 0.000697. The molecule has 1 aliphatic heterocycles. The summed E-state index contributed by atoms with van der Waals surface area (Å²) < 4.78 is 0. The highest BCUT2D eigenvalue weighted by Crippen LogP contribution is 2.30. The van der Waals surface area contributed by atoms with Gasteiger partial charge in [-0.25, -0.2) is 0 Å². The smallest absolute Gasteiger partial charge is 0.246 e. The molecule has 0 aliphatic carbocycles. The van der Waals surface area contributed by atoms with Crippen molar-refractivity contribution >= 4 is 11.8 Å². The van der Waals surface area contributed by atoms with Gasteiger partial charge in [-0.05, 0) is 23.7 Å². The van der Waals surface area contributed by atoms with Crippen LogP contribution in [0.1, 0.15) is 61.3 Å². The molecule has 4 heteroatoms. The highest BCUT2D eigenvalue weighted by atomic mass is 16.2. The SMILES string of the molecule is CCC(C)C1NC(=O)C(CC)N(CC(C)(C)C(C)C)C1=O. The molecule has 3 atom stereocenters. The summed E-state index contributed by atoms with van der Waals surface area (Å²) in [4.78, 5) is 27.0. The molecule has 0 saturated carbocycles. The van der Waals surface area contributed by atoms with Gasteiger partial charge in [-0.3, -0.25) is 9.59 Å². The number of hydrogen-bond acceptors (Lipinski definition) is 2. The Balaban J connectivity index is 3.04. The van der Waals surface area contributed by atoms with Gasteiger partial charge in [0.25, 0.3) is 0 Å². The fraction of sp³-hybridized carbons (Fsp3) is 0.882. The molecule has 4 nitrogen and oxygen atoms in total. The van der Waals surface area contributed by atoms with Crippen molar-refractivity contribution in [3.63, 3.8) is 0 Å². The third-order valence-corrected chi connectivity index (χ3v) is 5.27. The van der Waals surface area contributed by atoms with Gasteiger partial charge in [0.05, 0.1) is 0 Å². The second-order valence-electron chi connectivity index (χ2n) is 7.41. The first-order valence-electron chi connectivity index (χ1n) is 8.26. The van der Waals surface area contributed by atoms with Gasteiger partial charge in [0.1, 0.15) is 12.1 Å². The van der Waals surface area contributed by atoms with Gasteiger partial charge in [0.15, 0.2) is 0 Å². The average Bonchev–Trinajstić information content (AvgIpc) is 2.41. The molecule has 1 heterocycles. The lowest BCUT2D eigenvalue weighted by Crippen LogP contribution is -2.66. The first kappa shape index (κ1) is 18.0. The van der Waals surface area contributed by atoms with Crippen molar-refractivity contribution in [1.29, 1.82) is 0 Å². The van der Waals surface area contributed by atoms with Crippen LogP contribution in [0.2, 0.25) is 0 Å². The standard InChI is InChI=1S/C17H32N2O2/c1-8-12(5)14-16(21)19(10-17(6,7)11(3)4)13(9-2)15(20)18-14/h11-14H,8-10H2,1-7H3,(H,18,20). The molecule has 1 saturated heterocycles. The summed E-state index contributed by atoms with van der Waals surface area (Å²) in [5, 5.41) is 2.93. The molecule has 1 rings (SSSR count). The predicted octanol–water partition coefficient (Wildman–Crippen LogP) is 2.82. The maximum atomic E-state index is 12.9. The topological polar surface area (TPSA) is 49.4 Å². The minimum Gasteiger partial charge on any atom is -0.342 e. The lowest BCUT2D eigenvalue weighted by molar-refractivity contribution is -0.153. The molecule has 3 unspecified atom stereocenters. The predicted molar refractivity (Wildman–Crippen MR) is 85.8 cm³/mol. The van der Waals surface area contributed by atoms with Crippen LogP contribution < -0.4 is 5.32 Å². The first-order chi connectivity index (χ1) is 9.65. The maximum absolute atomic E-state index is 12.9. The highest BCUT2D eigenvalue weighted by Gasteiger charge is 2.43. The Morgan fingerprint density at radius 2 is 1.76 bits per heavy atom. The number of piperazine rings is 1. The van der Waals surface area contributed by atoms with E-state index in [1.54, 1.807) is 0 Å². The van der Waals surface area contributed by atoms with Crippen LogP contribution in [-0.2, 0) is 9.59 Å². The number of carbonyl (C=O) groups is 2. The quantitative estimate of drug-likeness (QED) is 0.819. The number of carbonyl (C=O) groups excluding carboxylic acids is 2. The normalized spacial score (nSPS) is 25.2. The Kier molecular flexibility index (Phi) is 5.83. The number of amides is 2. The van der Waals surface area contributed by atoms with Crippen LogP contribution >= 0.6 is 0 Å². The van der Waals surface area contributed by atoms with Crippen LogP contribution in [0.25, 0.3) is 0 Å².